The molecule has 0 aromatic rings. The molecule has 0 fully saturated rings. The van der Waals surface area contributed by atoms with E-state index in [4.69, 9.17) is 10.5 Å². The van der Waals surface area contributed by atoms with E-state index in [1.165, 1.54) is 6.92 Å². The predicted octanol–water partition coefficient (Wildman–Crippen LogP) is 1.37. The Bertz CT molecular complexity index is 175. The minimum Gasteiger partial charge on any atom is -0.494 e. The van der Waals surface area contributed by atoms with Gasteiger partial charge in [-0.2, -0.15) is 0 Å². The molecule has 2 nitrogen and oxygen atoms in total. The lowest BCUT2D eigenvalue weighted by Gasteiger charge is -2.24. The molecule has 0 radical (unpaired) electrons. The van der Waals surface area contributed by atoms with Crippen molar-refractivity contribution in [3.63, 3.8) is 0 Å². The van der Waals surface area contributed by atoms with Crippen LogP contribution in [0, 0.1) is 0 Å². The van der Waals surface area contributed by atoms with Gasteiger partial charge < -0.3 is 10.5 Å². The van der Waals surface area contributed by atoms with Crippen LogP contribution in [0.2, 0.25) is 0 Å². The smallest absolute Gasteiger partial charge is 0.179 e. The van der Waals surface area contributed by atoms with E-state index in [9.17, 15) is 4.39 Å². The molecule has 0 saturated heterocycles. The lowest BCUT2D eigenvalue weighted by molar-refractivity contribution is 0.0986. The maximum Gasteiger partial charge on any atom is 0.179 e. The summed E-state index contributed by atoms with van der Waals surface area (Å²) in [5.74, 6) is 0.396. The standard InChI is InChI=1S/C8H14FNO/c1-6(10)8(2,9)7-4-3-5-11-7/h4,6H,3,5,10H2,1-2H3. The third-order valence-electron chi connectivity index (χ3n) is 2.04. The van der Waals surface area contributed by atoms with Gasteiger partial charge in [-0.3, -0.25) is 0 Å². The molecule has 0 bridgehead atoms. The molecule has 0 aromatic carbocycles. The summed E-state index contributed by atoms with van der Waals surface area (Å²) in [6.07, 6.45) is 2.56. The molecule has 1 aliphatic rings. The Kier molecular flexibility index (Phi) is 2.18. The number of nitrogens with two attached hydrogens (primary N) is 1. The van der Waals surface area contributed by atoms with Gasteiger partial charge >= 0.3 is 0 Å². The quantitative estimate of drug-likeness (QED) is 0.660. The highest BCUT2D eigenvalue weighted by molar-refractivity contribution is 5.14. The molecule has 1 aliphatic heterocycles. The molecule has 0 amide bonds. The van der Waals surface area contributed by atoms with Crippen LogP contribution in [0.25, 0.3) is 0 Å². The third kappa shape index (κ3) is 1.53. The molecule has 1 rings (SSSR count). The Morgan fingerprint density at radius 1 is 1.82 bits per heavy atom. The zero-order chi connectivity index (χ0) is 8.48. The van der Waals surface area contributed by atoms with Crippen molar-refractivity contribution in [2.24, 2.45) is 5.73 Å². The zero-order valence-electron chi connectivity index (χ0n) is 6.93. The molecule has 2 atom stereocenters. The van der Waals surface area contributed by atoms with Crippen molar-refractivity contribution in [3.05, 3.63) is 11.8 Å². The first-order valence-corrected chi connectivity index (χ1v) is 3.83. The topological polar surface area (TPSA) is 35.2 Å². The van der Waals surface area contributed by atoms with Crippen molar-refractivity contribution >= 4 is 0 Å². The summed E-state index contributed by atoms with van der Waals surface area (Å²) in [5.41, 5.74) is 3.95. The number of hydrogen-bond donors (Lipinski definition) is 1. The van der Waals surface area contributed by atoms with Crippen molar-refractivity contribution in [2.45, 2.75) is 32.0 Å². The first-order chi connectivity index (χ1) is 5.05. The van der Waals surface area contributed by atoms with E-state index in [2.05, 4.69) is 0 Å². The second-order valence-corrected chi connectivity index (χ2v) is 3.07. The molecule has 1 heterocycles. The van der Waals surface area contributed by atoms with E-state index in [-0.39, 0.29) is 0 Å². The van der Waals surface area contributed by atoms with Gasteiger partial charge in [-0.05, 0) is 19.9 Å². The number of hydrogen-bond acceptors (Lipinski definition) is 2. The Balaban J connectivity index is 2.70. The van der Waals surface area contributed by atoms with Crippen molar-refractivity contribution < 1.29 is 9.13 Å². The Hall–Kier alpha value is -0.570. The fourth-order valence-electron chi connectivity index (χ4n) is 0.983. The number of ether oxygens (including phenoxy) is 1. The molecule has 0 saturated carbocycles. The highest BCUT2D eigenvalue weighted by atomic mass is 19.1. The van der Waals surface area contributed by atoms with Gasteiger partial charge in [0.2, 0.25) is 0 Å². The normalized spacial score (nSPS) is 25.3. The van der Waals surface area contributed by atoms with Crippen LogP contribution in [0.1, 0.15) is 20.3 Å². The second kappa shape index (κ2) is 2.81. The predicted molar refractivity (Wildman–Crippen MR) is 41.8 cm³/mol. The van der Waals surface area contributed by atoms with Gasteiger partial charge in [0.1, 0.15) is 5.76 Å². The van der Waals surface area contributed by atoms with Crippen molar-refractivity contribution in [1.29, 1.82) is 0 Å². The van der Waals surface area contributed by atoms with Crippen LogP contribution in [0.15, 0.2) is 11.8 Å². The summed E-state index contributed by atoms with van der Waals surface area (Å²) in [4.78, 5) is 0. The van der Waals surface area contributed by atoms with Gasteiger partial charge in [-0.1, -0.05) is 0 Å². The summed E-state index contributed by atoms with van der Waals surface area (Å²) >= 11 is 0. The van der Waals surface area contributed by atoms with E-state index in [0.717, 1.165) is 6.42 Å². The largest absolute Gasteiger partial charge is 0.494 e. The molecule has 0 aliphatic carbocycles. The van der Waals surface area contributed by atoms with Gasteiger partial charge in [-0.15, -0.1) is 0 Å². The highest BCUT2D eigenvalue weighted by Crippen LogP contribution is 2.28. The molecular formula is C8H14FNO. The molecule has 0 aromatic heterocycles. The van der Waals surface area contributed by atoms with E-state index >= 15 is 0 Å². The van der Waals surface area contributed by atoms with Crippen molar-refractivity contribution in [1.82, 2.24) is 0 Å². The van der Waals surface area contributed by atoms with Gasteiger partial charge in [0.25, 0.3) is 0 Å². The van der Waals surface area contributed by atoms with E-state index in [1.807, 2.05) is 0 Å². The zero-order valence-corrected chi connectivity index (χ0v) is 6.93. The van der Waals surface area contributed by atoms with Crippen LogP contribution < -0.4 is 5.73 Å². The summed E-state index contributed by atoms with van der Waals surface area (Å²) in [6, 6.07) is -0.521. The second-order valence-electron chi connectivity index (χ2n) is 3.07. The van der Waals surface area contributed by atoms with Gasteiger partial charge in [0, 0.05) is 12.5 Å². The van der Waals surface area contributed by atoms with Crippen LogP contribution >= 0.6 is 0 Å². The van der Waals surface area contributed by atoms with Crippen LogP contribution in [0.3, 0.4) is 0 Å². The molecule has 3 heteroatoms. The number of rotatable bonds is 2. The average Bonchev–Trinajstić information content (AvgIpc) is 2.37. The number of halogens is 1. The summed E-state index contributed by atoms with van der Waals surface area (Å²) in [6.45, 7) is 3.68. The van der Waals surface area contributed by atoms with Crippen LogP contribution in [-0.2, 0) is 4.74 Å². The minimum atomic E-state index is -1.50. The van der Waals surface area contributed by atoms with Crippen molar-refractivity contribution in [2.75, 3.05) is 6.61 Å². The average molecular weight is 159 g/mol. The lowest BCUT2D eigenvalue weighted by atomic mass is 9.98. The van der Waals surface area contributed by atoms with Gasteiger partial charge in [0.05, 0.1) is 6.61 Å². The number of alkyl halides is 1. The van der Waals surface area contributed by atoms with Crippen molar-refractivity contribution in [3.8, 4) is 0 Å². The van der Waals surface area contributed by atoms with Crippen LogP contribution in [-0.4, -0.2) is 18.3 Å². The summed E-state index contributed by atoms with van der Waals surface area (Å²) in [7, 11) is 0. The molecule has 2 unspecified atom stereocenters. The maximum absolute atomic E-state index is 13.6. The molecule has 11 heavy (non-hydrogen) atoms. The lowest BCUT2D eigenvalue weighted by Crippen LogP contribution is -2.41. The van der Waals surface area contributed by atoms with Crippen LogP contribution in [0.5, 0.6) is 0 Å². The summed E-state index contributed by atoms with van der Waals surface area (Å²) in [5, 5.41) is 0. The molecule has 0 spiro atoms. The Morgan fingerprint density at radius 3 is 2.82 bits per heavy atom. The Labute approximate surface area is 66.2 Å². The molecular weight excluding hydrogens is 145 g/mol. The Morgan fingerprint density at radius 2 is 2.45 bits per heavy atom. The van der Waals surface area contributed by atoms with Crippen LogP contribution in [0.4, 0.5) is 4.39 Å². The van der Waals surface area contributed by atoms with E-state index in [0.29, 0.717) is 12.4 Å². The van der Waals surface area contributed by atoms with E-state index < -0.39 is 11.7 Å². The SMILES string of the molecule is CC(N)C(C)(F)C1=CCCO1. The fourth-order valence-corrected chi connectivity index (χ4v) is 0.983. The van der Waals surface area contributed by atoms with Gasteiger partial charge in [-0.25, -0.2) is 4.39 Å². The van der Waals surface area contributed by atoms with E-state index in [1.54, 1.807) is 13.0 Å². The molecule has 2 N–H and O–H groups in total. The first-order valence-electron chi connectivity index (χ1n) is 3.83. The monoisotopic (exact) mass is 159 g/mol. The summed E-state index contributed by atoms with van der Waals surface area (Å²) < 4.78 is 18.7. The van der Waals surface area contributed by atoms with Gasteiger partial charge in [0.15, 0.2) is 5.67 Å². The first kappa shape index (κ1) is 8.53. The maximum atomic E-state index is 13.6. The highest BCUT2D eigenvalue weighted by Gasteiger charge is 2.35. The fraction of sp³-hybridized carbons (Fsp3) is 0.750. The minimum absolute atomic E-state index is 0.396. The third-order valence-corrected chi connectivity index (χ3v) is 2.04. The molecule has 64 valence electrons.